The molecule has 0 saturated heterocycles. The Bertz CT molecular complexity index is 455. The van der Waals surface area contributed by atoms with Crippen molar-refractivity contribution in [3.8, 4) is 11.5 Å². The van der Waals surface area contributed by atoms with Gasteiger partial charge < -0.3 is 20.3 Å². The number of hydrogen-bond donors (Lipinski definition) is 3. The topological polar surface area (TPSA) is 78.8 Å². The Labute approximate surface area is 118 Å². The first kappa shape index (κ1) is 14.7. The van der Waals surface area contributed by atoms with E-state index in [0.29, 0.717) is 24.8 Å². The fourth-order valence-electron chi connectivity index (χ4n) is 2.39. The second-order valence-electron chi connectivity index (χ2n) is 5.09. The molecular formula is C15H21NO4. The van der Waals surface area contributed by atoms with E-state index in [1.807, 2.05) is 0 Å². The van der Waals surface area contributed by atoms with Gasteiger partial charge in [-0.25, -0.2) is 0 Å². The second-order valence-corrected chi connectivity index (χ2v) is 5.09. The summed E-state index contributed by atoms with van der Waals surface area (Å²) in [6.45, 7) is 0.942. The van der Waals surface area contributed by atoms with Gasteiger partial charge in [0.25, 0.3) is 5.91 Å². The van der Waals surface area contributed by atoms with Gasteiger partial charge in [-0.15, -0.1) is 0 Å². The monoisotopic (exact) mass is 279 g/mol. The summed E-state index contributed by atoms with van der Waals surface area (Å²) in [5.74, 6) is -0.814. The van der Waals surface area contributed by atoms with Gasteiger partial charge in [0.05, 0.1) is 12.7 Å². The molecule has 0 bridgehead atoms. The van der Waals surface area contributed by atoms with Crippen molar-refractivity contribution >= 4 is 5.91 Å². The lowest BCUT2D eigenvalue weighted by Gasteiger charge is -2.22. The number of hydrogen-bond acceptors (Lipinski definition) is 4. The van der Waals surface area contributed by atoms with Crippen molar-refractivity contribution in [2.45, 2.75) is 38.2 Å². The highest BCUT2D eigenvalue weighted by atomic mass is 16.5. The van der Waals surface area contributed by atoms with E-state index in [2.05, 4.69) is 5.32 Å². The predicted molar refractivity (Wildman–Crippen MR) is 74.9 cm³/mol. The smallest absolute Gasteiger partial charge is 0.251 e. The Morgan fingerprint density at radius 3 is 2.65 bits per heavy atom. The van der Waals surface area contributed by atoms with Gasteiger partial charge >= 0.3 is 0 Å². The summed E-state index contributed by atoms with van der Waals surface area (Å²) in [7, 11) is 0. The van der Waals surface area contributed by atoms with E-state index in [-0.39, 0.29) is 17.4 Å². The summed E-state index contributed by atoms with van der Waals surface area (Å²) in [5, 5.41) is 21.2. The van der Waals surface area contributed by atoms with Crippen LogP contribution in [0.1, 0.15) is 42.5 Å². The highest BCUT2D eigenvalue weighted by Gasteiger charge is 2.13. The average molecular weight is 279 g/mol. The SMILES string of the molecule is O=C(NCCOC1CCCCC1)c1ccc(O)c(O)c1. The molecule has 2 rings (SSSR count). The zero-order valence-corrected chi connectivity index (χ0v) is 11.5. The molecule has 20 heavy (non-hydrogen) atoms. The molecule has 0 aliphatic heterocycles. The van der Waals surface area contributed by atoms with Crippen molar-refractivity contribution in [3.05, 3.63) is 23.8 Å². The van der Waals surface area contributed by atoms with Crippen molar-refractivity contribution in [2.75, 3.05) is 13.2 Å². The van der Waals surface area contributed by atoms with E-state index >= 15 is 0 Å². The molecule has 0 heterocycles. The third-order valence-corrected chi connectivity index (χ3v) is 3.53. The number of ether oxygens (including phenoxy) is 1. The lowest BCUT2D eigenvalue weighted by atomic mass is 9.98. The molecule has 1 aromatic carbocycles. The van der Waals surface area contributed by atoms with Crippen molar-refractivity contribution in [3.63, 3.8) is 0 Å². The molecule has 5 nitrogen and oxygen atoms in total. The van der Waals surface area contributed by atoms with Gasteiger partial charge in [-0.05, 0) is 31.0 Å². The lowest BCUT2D eigenvalue weighted by molar-refractivity contribution is 0.0299. The largest absolute Gasteiger partial charge is 0.504 e. The summed E-state index contributed by atoms with van der Waals surface area (Å²) in [5.41, 5.74) is 0.318. The number of phenolic OH excluding ortho intramolecular Hbond substituents is 2. The molecule has 3 N–H and O–H groups in total. The van der Waals surface area contributed by atoms with Gasteiger partial charge in [-0.1, -0.05) is 19.3 Å². The Morgan fingerprint density at radius 1 is 1.20 bits per heavy atom. The zero-order valence-electron chi connectivity index (χ0n) is 11.5. The van der Waals surface area contributed by atoms with Crippen LogP contribution in [-0.2, 0) is 4.74 Å². The second kappa shape index (κ2) is 7.14. The normalized spacial score (nSPS) is 16.0. The number of nitrogens with one attached hydrogen (secondary N) is 1. The number of benzene rings is 1. The molecule has 1 aromatic rings. The summed E-state index contributed by atoms with van der Waals surface area (Å²) < 4.78 is 5.71. The van der Waals surface area contributed by atoms with Gasteiger partial charge in [0, 0.05) is 12.1 Å². The fraction of sp³-hybridized carbons (Fsp3) is 0.533. The number of amides is 1. The summed E-state index contributed by atoms with van der Waals surface area (Å²) in [4.78, 5) is 11.8. The van der Waals surface area contributed by atoms with E-state index in [4.69, 9.17) is 4.74 Å². The van der Waals surface area contributed by atoms with Crippen molar-refractivity contribution in [1.82, 2.24) is 5.32 Å². The number of rotatable bonds is 5. The van der Waals surface area contributed by atoms with E-state index < -0.39 is 0 Å². The predicted octanol–water partition coefficient (Wildman–Crippen LogP) is 2.18. The van der Waals surface area contributed by atoms with Crippen LogP contribution >= 0.6 is 0 Å². The number of carbonyl (C=O) groups is 1. The molecule has 0 atom stereocenters. The lowest BCUT2D eigenvalue weighted by Crippen LogP contribution is -2.29. The molecule has 1 aliphatic carbocycles. The Balaban J connectivity index is 1.70. The van der Waals surface area contributed by atoms with Crippen molar-refractivity contribution < 1.29 is 19.7 Å². The average Bonchev–Trinajstić information content (AvgIpc) is 2.47. The maximum absolute atomic E-state index is 11.8. The van der Waals surface area contributed by atoms with Crippen LogP contribution in [0.2, 0.25) is 0 Å². The van der Waals surface area contributed by atoms with Gasteiger partial charge in [0.2, 0.25) is 0 Å². The van der Waals surface area contributed by atoms with Crippen LogP contribution in [0.3, 0.4) is 0 Å². The molecule has 0 aromatic heterocycles. The van der Waals surface area contributed by atoms with Crippen molar-refractivity contribution in [1.29, 1.82) is 0 Å². The van der Waals surface area contributed by atoms with Crippen LogP contribution in [0, 0.1) is 0 Å². The molecular weight excluding hydrogens is 258 g/mol. The summed E-state index contributed by atoms with van der Waals surface area (Å²) >= 11 is 0. The highest BCUT2D eigenvalue weighted by molar-refractivity contribution is 5.94. The maximum Gasteiger partial charge on any atom is 0.251 e. The molecule has 0 unspecified atom stereocenters. The molecule has 0 spiro atoms. The van der Waals surface area contributed by atoms with E-state index in [1.54, 1.807) is 0 Å². The third-order valence-electron chi connectivity index (χ3n) is 3.53. The van der Waals surface area contributed by atoms with Gasteiger partial charge in [0.1, 0.15) is 0 Å². The molecule has 1 amide bonds. The van der Waals surface area contributed by atoms with Crippen LogP contribution in [0.5, 0.6) is 11.5 Å². The molecule has 1 fully saturated rings. The molecule has 1 saturated carbocycles. The molecule has 5 heteroatoms. The van der Waals surface area contributed by atoms with Crippen LogP contribution in [-0.4, -0.2) is 35.4 Å². The number of aromatic hydroxyl groups is 2. The van der Waals surface area contributed by atoms with E-state index in [1.165, 1.54) is 37.5 Å². The summed E-state index contributed by atoms with van der Waals surface area (Å²) in [6, 6.07) is 4.00. The quantitative estimate of drug-likeness (QED) is 0.570. The Kier molecular flexibility index (Phi) is 5.24. The minimum Gasteiger partial charge on any atom is -0.504 e. The third kappa shape index (κ3) is 4.13. The standard InChI is InChI=1S/C15H21NO4/c17-13-7-6-11(10-14(13)18)15(19)16-8-9-20-12-4-2-1-3-5-12/h6-7,10,12,17-18H,1-5,8-9H2,(H,16,19). The van der Waals surface area contributed by atoms with Gasteiger partial charge in [-0.3, -0.25) is 4.79 Å². The van der Waals surface area contributed by atoms with Crippen molar-refractivity contribution in [2.24, 2.45) is 0 Å². The first-order valence-corrected chi connectivity index (χ1v) is 7.08. The summed E-state index contributed by atoms with van der Waals surface area (Å²) in [6.07, 6.45) is 6.30. The van der Waals surface area contributed by atoms with Crippen LogP contribution < -0.4 is 5.32 Å². The minimum atomic E-state index is -0.295. The van der Waals surface area contributed by atoms with E-state index in [0.717, 1.165) is 12.8 Å². The Morgan fingerprint density at radius 2 is 1.95 bits per heavy atom. The first-order chi connectivity index (χ1) is 9.66. The first-order valence-electron chi connectivity index (χ1n) is 7.08. The number of phenols is 2. The fourth-order valence-corrected chi connectivity index (χ4v) is 2.39. The molecule has 1 aliphatic rings. The highest BCUT2D eigenvalue weighted by Crippen LogP contribution is 2.24. The van der Waals surface area contributed by atoms with Gasteiger partial charge in [-0.2, -0.15) is 0 Å². The minimum absolute atomic E-state index is 0.234. The number of carbonyl (C=O) groups excluding carboxylic acids is 1. The van der Waals surface area contributed by atoms with Gasteiger partial charge in [0.15, 0.2) is 11.5 Å². The molecule has 110 valence electrons. The maximum atomic E-state index is 11.8. The van der Waals surface area contributed by atoms with Crippen LogP contribution in [0.4, 0.5) is 0 Å². The Hall–Kier alpha value is -1.75. The van der Waals surface area contributed by atoms with Crippen LogP contribution in [0.15, 0.2) is 18.2 Å². The van der Waals surface area contributed by atoms with Crippen LogP contribution in [0.25, 0.3) is 0 Å². The zero-order chi connectivity index (χ0) is 14.4. The van der Waals surface area contributed by atoms with E-state index in [9.17, 15) is 15.0 Å². The molecule has 0 radical (unpaired) electrons.